The summed E-state index contributed by atoms with van der Waals surface area (Å²) < 4.78 is 5.18. The Morgan fingerprint density at radius 3 is 2.58 bits per heavy atom. The lowest BCUT2D eigenvalue weighted by Gasteiger charge is -2.08. The summed E-state index contributed by atoms with van der Waals surface area (Å²) >= 11 is 0. The monoisotopic (exact) mass is 171 g/mol. The van der Waals surface area contributed by atoms with Gasteiger partial charge < -0.3 is 20.7 Å². The highest BCUT2D eigenvalue weighted by atomic mass is 16.5. The number of nitrogens with one attached hydrogen (secondary N) is 3. The van der Waals surface area contributed by atoms with Crippen molar-refractivity contribution in [2.75, 3.05) is 39.3 Å². The molecule has 4 heteroatoms. The highest BCUT2D eigenvalue weighted by molar-refractivity contribution is 4.71. The van der Waals surface area contributed by atoms with Gasteiger partial charge >= 0.3 is 0 Å². The van der Waals surface area contributed by atoms with Crippen molar-refractivity contribution in [1.82, 2.24) is 16.0 Å². The summed E-state index contributed by atoms with van der Waals surface area (Å²) in [4.78, 5) is 0. The van der Waals surface area contributed by atoms with Crippen molar-refractivity contribution in [3.05, 3.63) is 12.5 Å². The van der Waals surface area contributed by atoms with Crippen LogP contribution < -0.4 is 16.0 Å². The van der Waals surface area contributed by atoms with Crippen LogP contribution in [-0.4, -0.2) is 39.3 Å². The Hall–Kier alpha value is -0.740. The van der Waals surface area contributed by atoms with Crippen molar-refractivity contribution >= 4 is 0 Å². The minimum absolute atomic E-state index is 0.734. The molecular weight excluding hydrogens is 154 g/mol. The first-order chi connectivity index (χ1) is 6.00. The van der Waals surface area contributed by atoms with Crippen molar-refractivity contribution in [1.29, 1.82) is 0 Å². The summed E-state index contributed by atoms with van der Waals surface area (Å²) in [6.07, 6.45) is 3.53. The molecule has 0 bridgehead atoms. The minimum atomic E-state index is 0.734. The Balaban J connectivity index is 2.10. The molecule has 0 amide bonds. The van der Waals surface area contributed by atoms with Gasteiger partial charge in [-0.3, -0.25) is 0 Å². The molecule has 1 rings (SSSR count). The fourth-order valence-electron chi connectivity index (χ4n) is 0.966. The van der Waals surface area contributed by atoms with Crippen molar-refractivity contribution in [2.45, 2.75) is 0 Å². The molecule has 3 N–H and O–H groups in total. The van der Waals surface area contributed by atoms with E-state index in [1.807, 2.05) is 6.20 Å². The standard InChI is InChI=1S/C8H17N3O/c1-3-10-5-7-12-8-6-11-4-2-9-1/h5,7,9-11H,1-4,6,8H2. The van der Waals surface area contributed by atoms with Crippen LogP contribution in [0, 0.1) is 0 Å². The maximum atomic E-state index is 5.18. The van der Waals surface area contributed by atoms with Gasteiger partial charge in [0.25, 0.3) is 0 Å². The number of hydrogen-bond acceptors (Lipinski definition) is 4. The first-order valence-electron chi connectivity index (χ1n) is 4.41. The van der Waals surface area contributed by atoms with Gasteiger partial charge in [0, 0.05) is 38.9 Å². The first kappa shape index (κ1) is 9.35. The molecule has 0 unspecified atom stereocenters. The zero-order valence-corrected chi connectivity index (χ0v) is 7.31. The first-order valence-corrected chi connectivity index (χ1v) is 4.41. The third-order valence-electron chi connectivity index (χ3n) is 1.60. The van der Waals surface area contributed by atoms with Crippen LogP contribution >= 0.6 is 0 Å². The summed E-state index contributed by atoms with van der Waals surface area (Å²) in [7, 11) is 0. The molecule has 4 nitrogen and oxygen atoms in total. The van der Waals surface area contributed by atoms with Crippen LogP contribution in [-0.2, 0) is 4.74 Å². The van der Waals surface area contributed by atoms with Crippen LogP contribution in [0.5, 0.6) is 0 Å². The lowest BCUT2D eigenvalue weighted by atomic mass is 10.5. The Labute approximate surface area is 73.4 Å². The van der Waals surface area contributed by atoms with Gasteiger partial charge in [0.2, 0.25) is 0 Å². The van der Waals surface area contributed by atoms with Gasteiger partial charge in [-0.15, -0.1) is 0 Å². The maximum Gasteiger partial charge on any atom is 0.0998 e. The predicted octanol–water partition coefficient (Wildman–Crippen LogP) is -0.743. The summed E-state index contributed by atoms with van der Waals surface area (Å²) in [5, 5.41) is 9.68. The fourth-order valence-corrected chi connectivity index (χ4v) is 0.966. The maximum absolute atomic E-state index is 5.18. The van der Waals surface area contributed by atoms with E-state index in [4.69, 9.17) is 4.74 Å². The second-order valence-electron chi connectivity index (χ2n) is 2.63. The van der Waals surface area contributed by atoms with Crippen molar-refractivity contribution < 1.29 is 4.74 Å². The lowest BCUT2D eigenvalue weighted by Crippen LogP contribution is -2.33. The molecule has 0 radical (unpaired) electrons. The quantitative estimate of drug-likeness (QED) is 0.449. The second kappa shape index (κ2) is 6.94. The number of ether oxygens (including phenoxy) is 1. The zero-order valence-electron chi connectivity index (χ0n) is 7.31. The molecule has 0 aromatic heterocycles. The van der Waals surface area contributed by atoms with Crippen LogP contribution in [0.4, 0.5) is 0 Å². The number of rotatable bonds is 0. The molecule has 0 aliphatic carbocycles. The summed E-state index contributed by atoms with van der Waals surface area (Å²) in [6.45, 7) is 5.61. The van der Waals surface area contributed by atoms with E-state index in [0.717, 1.165) is 39.3 Å². The van der Waals surface area contributed by atoms with E-state index in [1.54, 1.807) is 6.26 Å². The van der Waals surface area contributed by atoms with E-state index >= 15 is 0 Å². The normalized spacial score (nSPS) is 21.3. The molecule has 12 heavy (non-hydrogen) atoms. The molecule has 0 fully saturated rings. The van der Waals surface area contributed by atoms with Crippen LogP contribution in [0.2, 0.25) is 0 Å². The van der Waals surface area contributed by atoms with Crippen molar-refractivity contribution in [2.24, 2.45) is 0 Å². The highest BCUT2D eigenvalue weighted by Crippen LogP contribution is 1.75. The highest BCUT2D eigenvalue weighted by Gasteiger charge is 1.89. The third kappa shape index (κ3) is 4.98. The molecule has 0 atom stereocenters. The predicted molar refractivity (Wildman–Crippen MR) is 48.8 cm³/mol. The van der Waals surface area contributed by atoms with Gasteiger partial charge in [0.15, 0.2) is 0 Å². The number of hydrogen-bond donors (Lipinski definition) is 3. The molecule has 0 spiro atoms. The Morgan fingerprint density at radius 1 is 0.917 bits per heavy atom. The molecule has 1 aliphatic rings. The molecule has 0 saturated heterocycles. The van der Waals surface area contributed by atoms with Crippen LogP contribution in [0.25, 0.3) is 0 Å². The molecule has 70 valence electrons. The third-order valence-corrected chi connectivity index (χ3v) is 1.60. The topological polar surface area (TPSA) is 45.3 Å². The second-order valence-corrected chi connectivity index (χ2v) is 2.63. The molecule has 0 saturated carbocycles. The van der Waals surface area contributed by atoms with E-state index in [2.05, 4.69) is 16.0 Å². The van der Waals surface area contributed by atoms with E-state index in [9.17, 15) is 0 Å². The van der Waals surface area contributed by atoms with Crippen molar-refractivity contribution in [3.63, 3.8) is 0 Å². The molecule has 1 heterocycles. The Bertz CT molecular complexity index is 113. The summed E-state index contributed by atoms with van der Waals surface area (Å²) in [5.41, 5.74) is 0. The van der Waals surface area contributed by atoms with E-state index < -0.39 is 0 Å². The molecule has 1 aliphatic heterocycles. The van der Waals surface area contributed by atoms with Crippen LogP contribution in [0.15, 0.2) is 12.5 Å². The SMILES string of the molecule is C1=COCCNCCNCCN1. The molecular formula is C8H17N3O. The fraction of sp³-hybridized carbons (Fsp3) is 0.750. The van der Waals surface area contributed by atoms with Gasteiger partial charge in [-0.25, -0.2) is 0 Å². The lowest BCUT2D eigenvalue weighted by molar-refractivity contribution is 0.247. The van der Waals surface area contributed by atoms with E-state index in [1.165, 1.54) is 0 Å². The van der Waals surface area contributed by atoms with Gasteiger partial charge in [-0.1, -0.05) is 0 Å². The summed E-state index contributed by atoms with van der Waals surface area (Å²) in [5.74, 6) is 0. The van der Waals surface area contributed by atoms with Crippen molar-refractivity contribution in [3.8, 4) is 0 Å². The Morgan fingerprint density at radius 2 is 1.67 bits per heavy atom. The average molecular weight is 171 g/mol. The summed E-state index contributed by atoms with van der Waals surface area (Å²) in [6, 6.07) is 0. The van der Waals surface area contributed by atoms with Gasteiger partial charge in [-0.05, 0) is 0 Å². The Kier molecular flexibility index (Phi) is 5.41. The molecule has 0 aromatic rings. The van der Waals surface area contributed by atoms with Crippen LogP contribution in [0.3, 0.4) is 0 Å². The van der Waals surface area contributed by atoms with E-state index in [0.29, 0.717) is 0 Å². The minimum Gasteiger partial charge on any atom is -0.498 e. The van der Waals surface area contributed by atoms with Gasteiger partial charge in [0.05, 0.1) is 12.9 Å². The van der Waals surface area contributed by atoms with Crippen LogP contribution in [0.1, 0.15) is 0 Å². The van der Waals surface area contributed by atoms with Gasteiger partial charge in [-0.2, -0.15) is 0 Å². The zero-order chi connectivity index (χ0) is 8.49. The van der Waals surface area contributed by atoms with E-state index in [-0.39, 0.29) is 0 Å². The average Bonchev–Trinajstić information content (AvgIpc) is 2.05. The largest absolute Gasteiger partial charge is 0.498 e. The van der Waals surface area contributed by atoms with Gasteiger partial charge in [0.1, 0.15) is 0 Å². The smallest absolute Gasteiger partial charge is 0.0998 e. The molecule has 0 aromatic carbocycles.